The first-order valence-corrected chi connectivity index (χ1v) is 12.7. The fourth-order valence-electron chi connectivity index (χ4n) is 3.58. The number of rotatable bonds is 9. The number of aryl methyl sites for hydroxylation is 3. The van der Waals surface area contributed by atoms with Crippen molar-refractivity contribution < 1.29 is 9.66 Å². The summed E-state index contributed by atoms with van der Waals surface area (Å²) in [7, 11) is 0. The van der Waals surface area contributed by atoms with Crippen LogP contribution in [-0.2, 0) is 6.61 Å². The highest BCUT2D eigenvalue weighted by Gasteiger charge is 2.24. The van der Waals surface area contributed by atoms with Crippen LogP contribution in [0.3, 0.4) is 0 Å². The van der Waals surface area contributed by atoms with Gasteiger partial charge in [-0.25, -0.2) is 0 Å². The molecule has 4 rings (SSSR count). The zero-order valence-electron chi connectivity index (χ0n) is 19.6. The van der Waals surface area contributed by atoms with Crippen LogP contribution in [0.15, 0.2) is 76.4 Å². The second-order valence-corrected chi connectivity index (χ2v) is 10.3. The Kier molecular flexibility index (Phi) is 7.87. The van der Waals surface area contributed by atoms with Crippen LogP contribution in [0.2, 0.25) is 0 Å². The molecular weight excluding hydrogens is 528 g/mol. The van der Waals surface area contributed by atoms with E-state index in [1.807, 2.05) is 66.1 Å². The molecule has 0 N–H and O–H groups in total. The van der Waals surface area contributed by atoms with Crippen LogP contribution in [0.25, 0.3) is 5.69 Å². The number of hydrogen-bond acceptors (Lipinski definition) is 6. The van der Waals surface area contributed by atoms with Crippen molar-refractivity contribution in [1.29, 1.82) is 0 Å². The number of aromatic nitrogens is 3. The van der Waals surface area contributed by atoms with Crippen LogP contribution in [0.4, 0.5) is 0 Å². The monoisotopic (exact) mass is 552 g/mol. The molecule has 35 heavy (non-hydrogen) atoms. The maximum Gasteiger partial charge on any atom is 0.220 e. The highest BCUT2D eigenvalue weighted by atomic mass is 79.9. The number of nitro groups is 1. The summed E-state index contributed by atoms with van der Waals surface area (Å²) in [5, 5.41) is 20.2. The van der Waals surface area contributed by atoms with E-state index in [-0.39, 0.29) is 11.5 Å². The van der Waals surface area contributed by atoms with Crippen LogP contribution in [0.1, 0.15) is 33.3 Å². The molecule has 4 aromatic rings. The summed E-state index contributed by atoms with van der Waals surface area (Å²) in [6.45, 7) is 6.21. The molecule has 180 valence electrons. The summed E-state index contributed by atoms with van der Waals surface area (Å²) in [6, 6.07) is 21.5. The van der Waals surface area contributed by atoms with Crippen molar-refractivity contribution in [2.45, 2.75) is 37.8 Å². The molecule has 0 aliphatic carbocycles. The lowest BCUT2D eigenvalue weighted by atomic mass is 10.1. The quantitative estimate of drug-likeness (QED) is 0.131. The Bertz CT molecular complexity index is 1320. The molecule has 0 radical (unpaired) electrons. The van der Waals surface area contributed by atoms with Crippen molar-refractivity contribution in [3.8, 4) is 11.4 Å². The van der Waals surface area contributed by atoms with Gasteiger partial charge in [0.25, 0.3) is 0 Å². The Hall–Kier alpha value is -3.17. The SMILES string of the molecule is Cc1ccc(-n2c(C)nnc2S[C@@H](C[N+](=O)[O-])c2ccc(OCc3ccc(Br)cc3)cc2)cc1C. The Labute approximate surface area is 216 Å². The number of hydrogen-bond donors (Lipinski definition) is 0. The highest BCUT2D eigenvalue weighted by Crippen LogP contribution is 2.36. The van der Waals surface area contributed by atoms with Crippen molar-refractivity contribution >= 4 is 27.7 Å². The van der Waals surface area contributed by atoms with Gasteiger partial charge in [-0.3, -0.25) is 14.7 Å². The number of nitrogens with zero attached hydrogens (tertiary/aromatic N) is 4. The fraction of sp³-hybridized carbons (Fsp3) is 0.231. The molecule has 1 aromatic heterocycles. The van der Waals surface area contributed by atoms with E-state index in [2.05, 4.69) is 52.1 Å². The minimum absolute atomic E-state index is 0.234. The summed E-state index contributed by atoms with van der Waals surface area (Å²) in [5.74, 6) is 1.43. The average molecular weight is 553 g/mol. The lowest BCUT2D eigenvalue weighted by Gasteiger charge is -2.15. The van der Waals surface area contributed by atoms with E-state index in [1.165, 1.54) is 17.3 Å². The predicted molar refractivity (Wildman–Crippen MR) is 141 cm³/mol. The summed E-state index contributed by atoms with van der Waals surface area (Å²) < 4.78 is 8.85. The summed E-state index contributed by atoms with van der Waals surface area (Å²) >= 11 is 4.77. The van der Waals surface area contributed by atoms with Crippen LogP contribution in [0, 0.1) is 30.9 Å². The molecule has 0 aliphatic rings. The first-order valence-electron chi connectivity index (χ1n) is 11.1. The van der Waals surface area contributed by atoms with Gasteiger partial charge in [0.1, 0.15) is 23.4 Å². The molecule has 0 fully saturated rings. The molecule has 1 heterocycles. The molecule has 0 bridgehead atoms. The third-order valence-electron chi connectivity index (χ3n) is 5.68. The molecule has 0 aliphatic heterocycles. The number of ether oxygens (including phenoxy) is 1. The standard InChI is InChI=1S/C26H25BrN4O3S/c1-17-4-11-23(14-18(17)2)31-19(3)28-29-26(31)35-25(15-30(32)33)21-7-12-24(13-8-21)34-16-20-5-9-22(27)10-6-20/h4-14,25H,15-16H2,1-3H3/t25-/m0/s1. The summed E-state index contributed by atoms with van der Waals surface area (Å²) in [5.41, 5.74) is 5.18. The number of thioether (sulfide) groups is 1. The Balaban J connectivity index is 1.54. The van der Waals surface area contributed by atoms with E-state index < -0.39 is 5.25 Å². The van der Waals surface area contributed by atoms with Gasteiger partial charge in [-0.15, -0.1) is 10.2 Å². The maximum absolute atomic E-state index is 11.5. The first kappa shape index (κ1) is 24.9. The van der Waals surface area contributed by atoms with Crippen LogP contribution in [0.5, 0.6) is 5.75 Å². The minimum atomic E-state index is -0.431. The lowest BCUT2D eigenvalue weighted by molar-refractivity contribution is -0.479. The fourth-order valence-corrected chi connectivity index (χ4v) is 5.02. The van der Waals surface area contributed by atoms with Crippen molar-refractivity contribution in [1.82, 2.24) is 14.8 Å². The van der Waals surface area contributed by atoms with Crippen molar-refractivity contribution in [3.63, 3.8) is 0 Å². The smallest absolute Gasteiger partial charge is 0.220 e. The van der Waals surface area contributed by atoms with E-state index in [9.17, 15) is 10.1 Å². The zero-order chi connectivity index (χ0) is 24.9. The lowest BCUT2D eigenvalue weighted by Crippen LogP contribution is -2.11. The van der Waals surface area contributed by atoms with Gasteiger partial charge < -0.3 is 4.74 Å². The van der Waals surface area contributed by atoms with Crippen LogP contribution < -0.4 is 4.74 Å². The Morgan fingerprint density at radius 2 is 1.71 bits per heavy atom. The molecule has 3 aromatic carbocycles. The minimum Gasteiger partial charge on any atom is -0.489 e. The molecule has 0 saturated carbocycles. The van der Waals surface area contributed by atoms with Crippen molar-refractivity contribution in [2.24, 2.45) is 0 Å². The number of halogens is 1. The maximum atomic E-state index is 11.5. The van der Waals surface area contributed by atoms with Gasteiger partial charge >= 0.3 is 0 Å². The van der Waals surface area contributed by atoms with Crippen LogP contribution in [-0.4, -0.2) is 26.2 Å². The van der Waals surface area contributed by atoms with Crippen LogP contribution >= 0.6 is 27.7 Å². The van der Waals surface area contributed by atoms with E-state index in [0.717, 1.165) is 32.7 Å². The molecule has 0 spiro atoms. The second kappa shape index (κ2) is 11.0. The van der Waals surface area contributed by atoms with E-state index in [0.29, 0.717) is 17.5 Å². The second-order valence-electron chi connectivity index (χ2n) is 8.24. The third kappa shape index (κ3) is 6.29. The molecule has 9 heteroatoms. The highest BCUT2D eigenvalue weighted by molar-refractivity contribution is 9.10. The van der Waals surface area contributed by atoms with Crippen molar-refractivity contribution in [3.05, 3.63) is 109 Å². The van der Waals surface area contributed by atoms with Gasteiger partial charge in [-0.2, -0.15) is 0 Å². The van der Waals surface area contributed by atoms with Gasteiger partial charge in [0.05, 0.1) is 0 Å². The van der Waals surface area contributed by atoms with E-state index in [4.69, 9.17) is 4.74 Å². The van der Waals surface area contributed by atoms with Gasteiger partial charge in [-0.1, -0.05) is 58.0 Å². The van der Waals surface area contributed by atoms with Crippen molar-refractivity contribution in [2.75, 3.05) is 6.54 Å². The average Bonchev–Trinajstić information content (AvgIpc) is 3.20. The van der Waals surface area contributed by atoms with Gasteiger partial charge in [0, 0.05) is 15.1 Å². The Morgan fingerprint density at radius 3 is 2.37 bits per heavy atom. The first-order chi connectivity index (χ1) is 16.8. The van der Waals surface area contributed by atoms with Gasteiger partial charge in [0.2, 0.25) is 6.54 Å². The van der Waals surface area contributed by atoms with E-state index >= 15 is 0 Å². The molecule has 0 unspecified atom stereocenters. The molecule has 0 saturated heterocycles. The third-order valence-corrected chi connectivity index (χ3v) is 7.39. The summed E-state index contributed by atoms with van der Waals surface area (Å²) in [6.07, 6.45) is 0. The molecular formula is C26H25BrN4O3S. The van der Waals surface area contributed by atoms with Gasteiger partial charge in [0.15, 0.2) is 5.16 Å². The zero-order valence-corrected chi connectivity index (χ0v) is 22.0. The topological polar surface area (TPSA) is 83.1 Å². The Morgan fingerprint density at radius 1 is 1.00 bits per heavy atom. The van der Waals surface area contributed by atoms with Gasteiger partial charge in [-0.05, 0) is 79.4 Å². The largest absolute Gasteiger partial charge is 0.489 e. The molecule has 1 atom stereocenters. The summed E-state index contributed by atoms with van der Waals surface area (Å²) in [4.78, 5) is 11.2. The number of benzene rings is 3. The molecule has 7 nitrogen and oxygen atoms in total. The molecule has 0 amide bonds. The van der Waals surface area contributed by atoms with E-state index in [1.54, 1.807) is 0 Å². The predicted octanol–water partition coefficient (Wildman–Crippen LogP) is 6.64. The normalized spacial score (nSPS) is 11.9.